The lowest BCUT2D eigenvalue weighted by atomic mass is 9.88. The van der Waals surface area contributed by atoms with Gasteiger partial charge in [-0.05, 0) is 69.7 Å². The van der Waals surface area contributed by atoms with Crippen LogP contribution in [0.25, 0.3) is 5.57 Å². The monoisotopic (exact) mass is 407 g/mol. The number of hydrogen-bond donors (Lipinski definition) is 0. The zero-order valence-corrected chi connectivity index (χ0v) is 18.3. The van der Waals surface area contributed by atoms with Crippen LogP contribution in [0.5, 0.6) is 0 Å². The van der Waals surface area contributed by atoms with E-state index in [0.29, 0.717) is 5.56 Å². The van der Waals surface area contributed by atoms with Gasteiger partial charge in [-0.1, -0.05) is 6.08 Å². The van der Waals surface area contributed by atoms with Crippen LogP contribution in [-0.4, -0.2) is 44.6 Å². The Kier molecular flexibility index (Phi) is 5.65. The number of anilines is 2. The number of allylic oxidation sites excluding steroid dienone is 1. The highest BCUT2D eigenvalue weighted by Gasteiger charge is 2.30. The van der Waals surface area contributed by atoms with Crippen LogP contribution >= 0.6 is 0 Å². The van der Waals surface area contributed by atoms with Crippen LogP contribution < -0.4 is 9.80 Å². The van der Waals surface area contributed by atoms with Crippen molar-refractivity contribution in [2.24, 2.45) is 4.99 Å². The molecule has 1 saturated heterocycles. The fraction of sp³-hybridized carbons (Fsp3) is 0.400. The summed E-state index contributed by atoms with van der Waals surface area (Å²) in [5.74, 6) is -0.244. The van der Waals surface area contributed by atoms with Gasteiger partial charge < -0.3 is 14.5 Å². The number of fused-ring (bicyclic) bond motifs is 1. The van der Waals surface area contributed by atoms with E-state index in [0.717, 1.165) is 49.8 Å². The highest BCUT2D eigenvalue weighted by atomic mass is 19.1. The molecule has 0 amide bonds. The van der Waals surface area contributed by atoms with Crippen LogP contribution in [0.3, 0.4) is 0 Å². The van der Waals surface area contributed by atoms with E-state index in [1.807, 2.05) is 18.2 Å². The first-order valence-corrected chi connectivity index (χ1v) is 10.7. The van der Waals surface area contributed by atoms with E-state index >= 15 is 0 Å². The van der Waals surface area contributed by atoms with Gasteiger partial charge in [-0.3, -0.25) is 4.99 Å². The van der Waals surface area contributed by atoms with Crippen molar-refractivity contribution in [2.75, 3.05) is 42.6 Å². The van der Waals surface area contributed by atoms with Crippen molar-refractivity contribution >= 4 is 28.8 Å². The summed E-state index contributed by atoms with van der Waals surface area (Å²) in [6.45, 7) is 12.7. The molecule has 0 spiro atoms. The molecule has 5 heteroatoms. The molecule has 2 aliphatic rings. The summed E-state index contributed by atoms with van der Waals surface area (Å²) in [7, 11) is 0. The fourth-order valence-corrected chi connectivity index (χ4v) is 4.51. The molecule has 1 fully saturated rings. The van der Waals surface area contributed by atoms with Gasteiger partial charge >= 0.3 is 0 Å². The lowest BCUT2D eigenvalue weighted by molar-refractivity contribution is 0.122. The van der Waals surface area contributed by atoms with Gasteiger partial charge in [0.05, 0.1) is 24.4 Å². The molecule has 2 aliphatic heterocycles. The highest BCUT2D eigenvalue weighted by Crippen LogP contribution is 2.39. The number of aliphatic imine (C=N–C) groups is 1. The third-order valence-corrected chi connectivity index (χ3v) is 5.99. The molecular formula is C25H30FN3O. The number of likely N-dealkylation sites (N-methyl/N-ethyl adjacent to an activating group) is 1. The molecule has 4 nitrogen and oxygen atoms in total. The summed E-state index contributed by atoms with van der Waals surface area (Å²) < 4.78 is 20.3. The van der Waals surface area contributed by atoms with Gasteiger partial charge in [0.1, 0.15) is 5.82 Å². The molecule has 2 heterocycles. The third kappa shape index (κ3) is 3.99. The Bertz CT molecular complexity index is 973. The van der Waals surface area contributed by atoms with Gasteiger partial charge in [-0.2, -0.15) is 0 Å². The first kappa shape index (κ1) is 20.6. The van der Waals surface area contributed by atoms with Crippen molar-refractivity contribution in [3.63, 3.8) is 0 Å². The van der Waals surface area contributed by atoms with Crippen LogP contribution in [-0.2, 0) is 4.74 Å². The number of halogens is 1. The van der Waals surface area contributed by atoms with E-state index in [2.05, 4.69) is 60.7 Å². The summed E-state index contributed by atoms with van der Waals surface area (Å²) in [5.41, 5.74) is 5.55. The molecule has 0 radical (unpaired) electrons. The number of nitrogens with zero attached hydrogens (tertiary/aromatic N) is 3. The molecule has 2 aromatic rings. The second-order valence-corrected chi connectivity index (χ2v) is 8.49. The van der Waals surface area contributed by atoms with Gasteiger partial charge in [0, 0.05) is 48.4 Å². The summed E-state index contributed by atoms with van der Waals surface area (Å²) in [5, 5.41) is 0. The van der Waals surface area contributed by atoms with E-state index in [1.165, 1.54) is 11.3 Å². The summed E-state index contributed by atoms with van der Waals surface area (Å²) >= 11 is 0. The van der Waals surface area contributed by atoms with Crippen LogP contribution in [0, 0.1) is 5.82 Å². The number of benzene rings is 2. The minimum Gasteiger partial charge on any atom is -0.378 e. The molecule has 0 unspecified atom stereocenters. The molecule has 2 aromatic carbocycles. The van der Waals surface area contributed by atoms with E-state index in [4.69, 9.17) is 4.74 Å². The molecule has 0 aliphatic carbocycles. The van der Waals surface area contributed by atoms with Crippen LogP contribution in [0.4, 0.5) is 21.5 Å². The first-order valence-electron chi connectivity index (χ1n) is 10.7. The average Bonchev–Trinajstić information content (AvgIpc) is 2.73. The Morgan fingerprint density at radius 2 is 1.83 bits per heavy atom. The number of ether oxygens (including phenoxy) is 1. The standard InChI is InChI=1S/C25H30FN3O/c1-5-29-24-15-23(26)19(14-22(24)18(2)16-25(29,3)4)17-27-20-6-8-21(9-7-20)28-10-12-30-13-11-28/h6-9,14-17H,5,10-13H2,1-4H3. The predicted molar refractivity (Wildman–Crippen MR) is 124 cm³/mol. The maximum absolute atomic E-state index is 14.9. The second kappa shape index (κ2) is 8.23. The Balaban J connectivity index is 1.58. The van der Waals surface area contributed by atoms with Crippen LogP contribution in [0.1, 0.15) is 38.8 Å². The molecule has 0 atom stereocenters. The predicted octanol–water partition coefficient (Wildman–Crippen LogP) is 5.43. The zero-order valence-electron chi connectivity index (χ0n) is 18.3. The van der Waals surface area contributed by atoms with Crippen molar-refractivity contribution < 1.29 is 9.13 Å². The lowest BCUT2D eigenvalue weighted by Crippen LogP contribution is -2.45. The molecule has 0 saturated carbocycles. The van der Waals surface area contributed by atoms with Crippen molar-refractivity contribution in [3.05, 3.63) is 59.4 Å². The molecule has 0 aromatic heterocycles. The maximum Gasteiger partial charge on any atom is 0.134 e. The Hall–Kier alpha value is -2.66. The largest absolute Gasteiger partial charge is 0.378 e. The molecule has 30 heavy (non-hydrogen) atoms. The third-order valence-electron chi connectivity index (χ3n) is 5.99. The molecule has 4 rings (SSSR count). The van der Waals surface area contributed by atoms with Gasteiger partial charge in [0.15, 0.2) is 0 Å². The lowest BCUT2D eigenvalue weighted by Gasteiger charge is -2.42. The SMILES string of the molecule is CCN1c2cc(F)c(C=Nc3ccc(N4CCOCC4)cc3)cc2C(C)=CC1(C)C. The van der Waals surface area contributed by atoms with E-state index in [9.17, 15) is 4.39 Å². The zero-order chi connectivity index (χ0) is 21.3. The minimum absolute atomic E-state index is 0.129. The first-order chi connectivity index (χ1) is 14.4. The highest BCUT2D eigenvalue weighted by molar-refractivity contribution is 5.89. The molecular weight excluding hydrogens is 377 g/mol. The maximum atomic E-state index is 14.9. The van der Waals surface area contributed by atoms with Crippen LogP contribution in [0.15, 0.2) is 47.5 Å². The van der Waals surface area contributed by atoms with E-state index < -0.39 is 0 Å². The normalized spacial score (nSPS) is 18.5. The molecule has 158 valence electrons. The van der Waals surface area contributed by atoms with Gasteiger partial charge in [-0.25, -0.2) is 4.39 Å². The topological polar surface area (TPSA) is 28.1 Å². The number of rotatable bonds is 4. The molecule has 0 N–H and O–H groups in total. The number of hydrogen-bond acceptors (Lipinski definition) is 4. The van der Waals surface area contributed by atoms with E-state index in [-0.39, 0.29) is 11.4 Å². The van der Waals surface area contributed by atoms with Crippen molar-refractivity contribution in [1.82, 2.24) is 0 Å². The van der Waals surface area contributed by atoms with E-state index in [1.54, 1.807) is 12.3 Å². The van der Waals surface area contributed by atoms with Gasteiger partial charge in [0.25, 0.3) is 0 Å². The smallest absolute Gasteiger partial charge is 0.134 e. The van der Waals surface area contributed by atoms with Gasteiger partial charge in [0.2, 0.25) is 0 Å². The average molecular weight is 408 g/mol. The van der Waals surface area contributed by atoms with Gasteiger partial charge in [-0.15, -0.1) is 0 Å². The Labute approximate surface area is 178 Å². The van der Waals surface area contributed by atoms with Crippen molar-refractivity contribution in [1.29, 1.82) is 0 Å². The quantitative estimate of drug-likeness (QED) is 0.632. The summed E-state index contributed by atoms with van der Waals surface area (Å²) in [6, 6.07) is 11.7. The number of morpholine rings is 1. The summed E-state index contributed by atoms with van der Waals surface area (Å²) in [4.78, 5) is 9.07. The fourth-order valence-electron chi connectivity index (χ4n) is 4.51. The Morgan fingerprint density at radius 1 is 1.13 bits per heavy atom. The second-order valence-electron chi connectivity index (χ2n) is 8.49. The Morgan fingerprint density at radius 3 is 2.50 bits per heavy atom. The minimum atomic E-state index is -0.244. The molecule has 0 bridgehead atoms. The van der Waals surface area contributed by atoms with Crippen molar-refractivity contribution in [3.8, 4) is 0 Å². The summed E-state index contributed by atoms with van der Waals surface area (Å²) in [6.07, 6.45) is 3.88. The van der Waals surface area contributed by atoms with Crippen molar-refractivity contribution in [2.45, 2.75) is 33.2 Å². The van der Waals surface area contributed by atoms with Crippen LogP contribution in [0.2, 0.25) is 0 Å².